The van der Waals surface area contributed by atoms with Gasteiger partial charge in [0.1, 0.15) is 0 Å². The standard InChI is InChI=1S/C13H24.2CH2O3/c1-3-7-12(8-4-1)11-13-9-5-2-6-10-13;2*2-1(3)4/h12-13H,1-11H2;2*(H2,2,3,4). The van der Waals surface area contributed by atoms with Crippen LogP contribution in [0, 0.1) is 11.8 Å². The highest BCUT2D eigenvalue weighted by atomic mass is 16.6. The summed E-state index contributed by atoms with van der Waals surface area (Å²) in [5, 5.41) is 27.9. The predicted molar refractivity (Wildman–Crippen MR) is 79.1 cm³/mol. The van der Waals surface area contributed by atoms with Gasteiger partial charge >= 0.3 is 12.3 Å². The molecule has 2 aliphatic carbocycles. The topological polar surface area (TPSA) is 115 Å². The molecule has 2 fully saturated rings. The molecule has 2 rings (SSSR count). The summed E-state index contributed by atoms with van der Waals surface area (Å²) in [7, 11) is 0. The third-order valence-electron chi connectivity index (χ3n) is 4.12. The second-order valence-electron chi connectivity index (χ2n) is 5.81. The molecule has 0 bridgehead atoms. The van der Waals surface area contributed by atoms with E-state index in [1.165, 1.54) is 38.5 Å². The van der Waals surface area contributed by atoms with Crippen molar-refractivity contribution >= 4 is 12.3 Å². The molecule has 0 aromatic heterocycles. The first-order valence-corrected chi connectivity index (χ1v) is 7.75. The summed E-state index contributed by atoms with van der Waals surface area (Å²) in [6, 6.07) is 0. The van der Waals surface area contributed by atoms with Crippen molar-refractivity contribution in [2.24, 2.45) is 11.8 Å². The van der Waals surface area contributed by atoms with Crippen molar-refractivity contribution < 1.29 is 30.0 Å². The predicted octanol–water partition coefficient (Wildman–Crippen LogP) is 4.98. The van der Waals surface area contributed by atoms with Crippen molar-refractivity contribution in [2.75, 3.05) is 0 Å². The molecule has 0 aromatic rings. The summed E-state index contributed by atoms with van der Waals surface area (Å²) < 4.78 is 0. The van der Waals surface area contributed by atoms with Gasteiger partial charge in [0.15, 0.2) is 0 Å². The van der Waals surface area contributed by atoms with E-state index < -0.39 is 12.3 Å². The molecular weight excluding hydrogens is 276 g/mol. The van der Waals surface area contributed by atoms with E-state index in [9.17, 15) is 0 Å². The quantitative estimate of drug-likeness (QED) is 0.571. The Morgan fingerprint density at radius 2 is 0.857 bits per heavy atom. The molecular formula is C15H28O6. The highest BCUT2D eigenvalue weighted by molar-refractivity contribution is 5.53. The number of rotatable bonds is 2. The van der Waals surface area contributed by atoms with Gasteiger partial charge in [-0.15, -0.1) is 0 Å². The van der Waals surface area contributed by atoms with Crippen molar-refractivity contribution in [2.45, 2.75) is 70.6 Å². The van der Waals surface area contributed by atoms with Crippen LogP contribution in [0.5, 0.6) is 0 Å². The van der Waals surface area contributed by atoms with Gasteiger partial charge in [0.05, 0.1) is 0 Å². The number of carboxylic acid groups (broad SMARTS) is 4. The summed E-state index contributed by atoms with van der Waals surface area (Å²) >= 11 is 0. The zero-order valence-corrected chi connectivity index (χ0v) is 12.5. The smallest absolute Gasteiger partial charge is 0.450 e. The van der Waals surface area contributed by atoms with Crippen LogP contribution in [-0.4, -0.2) is 32.7 Å². The Morgan fingerprint density at radius 1 is 0.619 bits per heavy atom. The molecule has 0 radical (unpaired) electrons. The molecule has 4 N–H and O–H groups in total. The maximum Gasteiger partial charge on any atom is 0.503 e. The molecule has 2 aliphatic rings. The van der Waals surface area contributed by atoms with E-state index in [4.69, 9.17) is 30.0 Å². The Kier molecular flexibility index (Phi) is 11.4. The van der Waals surface area contributed by atoms with Crippen molar-refractivity contribution in [1.82, 2.24) is 0 Å². The molecule has 2 saturated carbocycles. The minimum absolute atomic E-state index is 1.12. The Hall–Kier alpha value is -1.46. The van der Waals surface area contributed by atoms with E-state index in [1.807, 2.05) is 0 Å². The maximum atomic E-state index is 8.56. The minimum Gasteiger partial charge on any atom is -0.450 e. The van der Waals surface area contributed by atoms with Crippen LogP contribution in [0.15, 0.2) is 0 Å². The second-order valence-corrected chi connectivity index (χ2v) is 5.81. The molecule has 0 unspecified atom stereocenters. The highest BCUT2D eigenvalue weighted by Crippen LogP contribution is 2.34. The first kappa shape index (κ1) is 19.5. The fourth-order valence-electron chi connectivity index (χ4n) is 3.32. The largest absolute Gasteiger partial charge is 0.503 e. The normalized spacial score (nSPS) is 19.4. The Labute approximate surface area is 125 Å². The van der Waals surface area contributed by atoms with Crippen LogP contribution in [-0.2, 0) is 0 Å². The van der Waals surface area contributed by atoms with E-state index in [-0.39, 0.29) is 0 Å². The SMILES string of the molecule is C1CCC(CC2CCCCC2)CC1.O=C(O)O.O=C(O)O. The summed E-state index contributed by atoms with van der Waals surface area (Å²) in [5.74, 6) is 2.24. The van der Waals surface area contributed by atoms with Crippen molar-refractivity contribution in [3.8, 4) is 0 Å². The third kappa shape index (κ3) is 14.8. The van der Waals surface area contributed by atoms with Crippen molar-refractivity contribution in [3.63, 3.8) is 0 Å². The molecule has 124 valence electrons. The Bertz CT molecular complexity index is 244. The van der Waals surface area contributed by atoms with Crippen LogP contribution in [0.1, 0.15) is 70.6 Å². The zero-order valence-electron chi connectivity index (χ0n) is 12.5. The van der Waals surface area contributed by atoms with Gasteiger partial charge in [0.25, 0.3) is 0 Å². The van der Waals surface area contributed by atoms with Gasteiger partial charge in [-0.3, -0.25) is 0 Å². The lowest BCUT2D eigenvalue weighted by Crippen LogP contribution is -2.14. The van der Waals surface area contributed by atoms with Crippen LogP contribution < -0.4 is 0 Å². The summed E-state index contributed by atoms with van der Waals surface area (Å²) in [4.78, 5) is 17.1. The molecule has 0 amide bonds. The molecule has 6 nitrogen and oxygen atoms in total. The van der Waals surface area contributed by atoms with Gasteiger partial charge in [0.2, 0.25) is 0 Å². The molecule has 0 aliphatic heterocycles. The second kappa shape index (κ2) is 12.3. The number of hydrogen-bond donors (Lipinski definition) is 4. The summed E-state index contributed by atoms with van der Waals surface area (Å²) in [6.07, 6.45) is 13.3. The van der Waals surface area contributed by atoms with E-state index in [1.54, 1.807) is 32.1 Å². The molecule has 0 aromatic carbocycles. The Balaban J connectivity index is 0.000000421. The first-order valence-electron chi connectivity index (χ1n) is 7.75. The zero-order chi connectivity index (χ0) is 16.1. The van der Waals surface area contributed by atoms with Crippen molar-refractivity contribution in [1.29, 1.82) is 0 Å². The fraction of sp³-hybridized carbons (Fsp3) is 0.867. The fourth-order valence-corrected chi connectivity index (χ4v) is 3.32. The average molecular weight is 304 g/mol. The van der Waals surface area contributed by atoms with Crippen LogP contribution in [0.2, 0.25) is 0 Å². The first-order chi connectivity index (χ1) is 9.91. The van der Waals surface area contributed by atoms with E-state index in [2.05, 4.69) is 0 Å². The molecule has 21 heavy (non-hydrogen) atoms. The molecule has 0 heterocycles. The van der Waals surface area contributed by atoms with Crippen LogP contribution in [0.3, 0.4) is 0 Å². The molecule has 0 saturated heterocycles. The maximum absolute atomic E-state index is 8.56. The lowest BCUT2D eigenvalue weighted by atomic mass is 9.78. The molecule has 0 atom stereocenters. The van der Waals surface area contributed by atoms with Crippen molar-refractivity contribution in [3.05, 3.63) is 0 Å². The number of carbonyl (C=O) groups is 2. The van der Waals surface area contributed by atoms with Crippen LogP contribution in [0.25, 0.3) is 0 Å². The monoisotopic (exact) mass is 304 g/mol. The third-order valence-corrected chi connectivity index (χ3v) is 4.12. The lowest BCUT2D eigenvalue weighted by Gasteiger charge is -2.28. The molecule has 6 heteroatoms. The van der Waals surface area contributed by atoms with E-state index in [0.29, 0.717) is 0 Å². The van der Waals surface area contributed by atoms with Crippen LogP contribution >= 0.6 is 0 Å². The minimum atomic E-state index is -1.83. The molecule has 0 spiro atoms. The van der Waals surface area contributed by atoms with Gasteiger partial charge < -0.3 is 20.4 Å². The average Bonchev–Trinajstić information content (AvgIpc) is 2.40. The van der Waals surface area contributed by atoms with E-state index >= 15 is 0 Å². The summed E-state index contributed by atoms with van der Waals surface area (Å²) in [5.41, 5.74) is 0. The number of hydrogen-bond acceptors (Lipinski definition) is 2. The highest BCUT2D eigenvalue weighted by Gasteiger charge is 2.20. The van der Waals surface area contributed by atoms with Gasteiger partial charge in [-0.2, -0.15) is 0 Å². The van der Waals surface area contributed by atoms with E-state index in [0.717, 1.165) is 11.8 Å². The van der Waals surface area contributed by atoms with Gasteiger partial charge in [-0.25, -0.2) is 9.59 Å². The summed E-state index contributed by atoms with van der Waals surface area (Å²) in [6.45, 7) is 0. The lowest BCUT2D eigenvalue weighted by molar-refractivity contribution is 0.135. The Morgan fingerprint density at radius 3 is 1.10 bits per heavy atom. The van der Waals surface area contributed by atoms with Gasteiger partial charge in [0, 0.05) is 0 Å². The van der Waals surface area contributed by atoms with Crippen LogP contribution in [0.4, 0.5) is 9.59 Å². The van der Waals surface area contributed by atoms with Gasteiger partial charge in [-0.1, -0.05) is 64.2 Å². The van der Waals surface area contributed by atoms with Gasteiger partial charge in [-0.05, 0) is 18.3 Å².